The minimum atomic E-state index is -0.0188. The number of carbonyl (C=O) groups is 1. The van der Waals surface area contributed by atoms with Gasteiger partial charge in [-0.3, -0.25) is 4.79 Å². The number of guanidine groups is 1. The lowest BCUT2D eigenvalue weighted by Crippen LogP contribution is -2.40. The van der Waals surface area contributed by atoms with Crippen LogP contribution in [-0.2, 0) is 16.0 Å². The van der Waals surface area contributed by atoms with E-state index >= 15 is 0 Å². The second kappa shape index (κ2) is 14.7. The van der Waals surface area contributed by atoms with Crippen molar-refractivity contribution < 1.29 is 9.53 Å². The van der Waals surface area contributed by atoms with Gasteiger partial charge >= 0.3 is 0 Å². The minimum Gasteiger partial charge on any atom is -0.382 e. The highest BCUT2D eigenvalue weighted by Gasteiger charge is 2.05. The van der Waals surface area contributed by atoms with Crippen LogP contribution in [0.25, 0.3) is 0 Å². The van der Waals surface area contributed by atoms with Crippen molar-refractivity contribution in [3.05, 3.63) is 34.9 Å². The predicted octanol–water partition coefficient (Wildman–Crippen LogP) is 2.51. The molecular weight excluding hydrogens is 455 g/mol. The summed E-state index contributed by atoms with van der Waals surface area (Å²) in [5.74, 6) is 0.649. The van der Waals surface area contributed by atoms with Crippen molar-refractivity contribution in [3.63, 3.8) is 0 Å². The van der Waals surface area contributed by atoms with E-state index in [1.807, 2.05) is 6.92 Å². The summed E-state index contributed by atoms with van der Waals surface area (Å²) < 4.78 is 5.35. The molecule has 0 unspecified atom stereocenters. The number of amides is 1. The molecule has 0 saturated heterocycles. The SMILES string of the molecule is CCOCCCNC(=NCC(=O)N(C)C)NCCc1cc(C)cc(C)c1.I. The number of aryl methyl sites for hydroxylation is 2. The highest BCUT2D eigenvalue weighted by atomic mass is 127. The first-order valence-electron chi connectivity index (χ1n) is 9.29. The van der Waals surface area contributed by atoms with Crippen molar-refractivity contribution >= 4 is 35.8 Å². The molecule has 0 radical (unpaired) electrons. The molecule has 0 spiro atoms. The van der Waals surface area contributed by atoms with Crippen LogP contribution < -0.4 is 10.6 Å². The summed E-state index contributed by atoms with van der Waals surface area (Å²) in [6, 6.07) is 6.59. The quantitative estimate of drug-likeness (QED) is 0.229. The maximum atomic E-state index is 11.8. The van der Waals surface area contributed by atoms with Gasteiger partial charge in [0.05, 0.1) is 0 Å². The molecular formula is C20H35IN4O2. The van der Waals surface area contributed by atoms with Gasteiger partial charge in [-0.2, -0.15) is 0 Å². The molecule has 0 heterocycles. The molecule has 1 rings (SSSR count). The number of rotatable bonds is 10. The molecule has 0 aliphatic rings. The molecule has 1 aromatic rings. The number of nitrogens with zero attached hydrogens (tertiary/aromatic N) is 2. The van der Waals surface area contributed by atoms with Gasteiger partial charge in [-0.1, -0.05) is 29.3 Å². The first kappa shape index (κ1) is 25.6. The van der Waals surface area contributed by atoms with Gasteiger partial charge in [0.15, 0.2) is 5.96 Å². The second-order valence-electron chi connectivity index (χ2n) is 6.60. The lowest BCUT2D eigenvalue weighted by atomic mass is 10.1. The molecule has 1 amide bonds. The number of halogens is 1. The largest absolute Gasteiger partial charge is 0.382 e. The second-order valence-corrected chi connectivity index (χ2v) is 6.60. The van der Waals surface area contributed by atoms with Crippen LogP contribution in [0.1, 0.15) is 30.0 Å². The molecule has 0 bridgehead atoms. The molecule has 1 aromatic carbocycles. The summed E-state index contributed by atoms with van der Waals surface area (Å²) in [6.07, 6.45) is 1.80. The van der Waals surface area contributed by atoms with E-state index in [-0.39, 0.29) is 36.4 Å². The number of benzene rings is 1. The molecule has 2 N–H and O–H groups in total. The molecule has 0 saturated carbocycles. The van der Waals surface area contributed by atoms with E-state index in [2.05, 4.69) is 47.7 Å². The Morgan fingerprint density at radius 2 is 1.74 bits per heavy atom. The third-order valence-corrected chi connectivity index (χ3v) is 3.82. The van der Waals surface area contributed by atoms with Crippen molar-refractivity contribution in [3.8, 4) is 0 Å². The van der Waals surface area contributed by atoms with Gasteiger partial charge in [-0.05, 0) is 39.2 Å². The van der Waals surface area contributed by atoms with Crippen LogP contribution in [0, 0.1) is 13.8 Å². The van der Waals surface area contributed by atoms with Crippen LogP contribution in [0.3, 0.4) is 0 Å². The Morgan fingerprint density at radius 3 is 2.33 bits per heavy atom. The Hall–Kier alpha value is -1.35. The Morgan fingerprint density at radius 1 is 1.11 bits per heavy atom. The Labute approximate surface area is 181 Å². The molecule has 0 aliphatic heterocycles. The molecule has 6 nitrogen and oxygen atoms in total. The van der Waals surface area contributed by atoms with Gasteiger partial charge in [-0.25, -0.2) is 4.99 Å². The van der Waals surface area contributed by atoms with Crippen molar-refractivity contribution in [2.45, 2.75) is 33.6 Å². The van der Waals surface area contributed by atoms with Gasteiger partial charge in [-0.15, -0.1) is 24.0 Å². The van der Waals surface area contributed by atoms with Gasteiger partial charge in [0.2, 0.25) is 5.91 Å². The van der Waals surface area contributed by atoms with Crippen LogP contribution in [0.4, 0.5) is 0 Å². The van der Waals surface area contributed by atoms with Crippen molar-refractivity contribution in [1.82, 2.24) is 15.5 Å². The number of aliphatic imine (C=N–C) groups is 1. The summed E-state index contributed by atoms with van der Waals surface area (Å²) in [5.41, 5.74) is 3.86. The fraction of sp³-hybridized carbons (Fsp3) is 0.600. The van der Waals surface area contributed by atoms with Crippen molar-refractivity contribution in [2.75, 3.05) is 46.9 Å². The van der Waals surface area contributed by atoms with Crippen LogP contribution >= 0.6 is 24.0 Å². The summed E-state index contributed by atoms with van der Waals surface area (Å²) in [4.78, 5) is 17.7. The standard InChI is InChI=1S/C20H34N4O2.HI/c1-6-26-11-7-9-21-20(23-15-19(25)24(4)5)22-10-8-18-13-16(2)12-17(3)14-18;/h12-14H,6-11,15H2,1-5H3,(H2,21,22,23);1H. The maximum absolute atomic E-state index is 11.8. The smallest absolute Gasteiger partial charge is 0.243 e. The highest BCUT2D eigenvalue weighted by Crippen LogP contribution is 2.08. The number of ether oxygens (including phenoxy) is 1. The number of hydrogen-bond acceptors (Lipinski definition) is 3. The lowest BCUT2D eigenvalue weighted by Gasteiger charge is -2.14. The molecule has 0 fully saturated rings. The Bertz CT molecular complexity index is 571. The van der Waals surface area contributed by atoms with Crippen LogP contribution in [0.15, 0.2) is 23.2 Å². The molecule has 0 aromatic heterocycles. The fourth-order valence-corrected chi connectivity index (χ4v) is 2.53. The van der Waals surface area contributed by atoms with E-state index in [4.69, 9.17) is 4.74 Å². The van der Waals surface area contributed by atoms with E-state index < -0.39 is 0 Å². The number of nitrogens with one attached hydrogen (secondary N) is 2. The first-order valence-corrected chi connectivity index (χ1v) is 9.29. The van der Waals surface area contributed by atoms with Crippen molar-refractivity contribution in [2.24, 2.45) is 4.99 Å². The Kier molecular flexibility index (Phi) is 13.9. The number of carbonyl (C=O) groups excluding carboxylic acids is 1. The van der Waals surface area contributed by atoms with E-state index in [1.54, 1.807) is 19.0 Å². The van der Waals surface area contributed by atoms with E-state index in [0.717, 1.165) is 39.1 Å². The van der Waals surface area contributed by atoms with Gasteiger partial charge in [0.25, 0.3) is 0 Å². The van der Waals surface area contributed by atoms with E-state index in [1.165, 1.54) is 16.7 Å². The van der Waals surface area contributed by atoms with Crippen LogP contribution in [-0.4, -0.2) is 63.7 Å². The van der Waals surface area contributed by atoms with Crippen LogP contribution in [0.5, 0.6) is 0 Å². The Balaban J connectivity index is 0.00000676. The molecule has 7 heteroatoms. The third-order valence-electron chi connectivity index (χ3n) is 3.82. The lowest BCUT2D eigenvalue weighted by molar-refractivity contribution is -0.127. The summed E-state index contributed by atoms with van der Waals surface area (Å²) in [5, 5.41) is 6.59. The van der Waals surface area contributed by atoms with E-state index in [0.29, 0.717) is 5.96 Å². The molecule has 0 atom stereocenters. The zero-order valence-electron chi connectivity index (χ0n) is 17.3. The normalized spacial score (nSPS) is 10.9. The summed E-state index contributed by atoms with van der Waals surface area (Å²) in [7, 11) is 3.47. The molecule has 27 heavy (non-hydrogen) atoms. The van der Waals surface area contributed by atoms with Crippen LogP contribution in [0.2, 0.25) is 0 Å². The number of likely N-dealkylation sites (N-methyl/N-ethyl adjacent to an activating group) is 1. The van der Waals surface area contributed by atoms with Gasteiger partial charge < -0.3 is 20.3 Å². The number of hydrogen-bond donors (Lipinski definition) is 2. The highest BCUT2D eigenvalue weighted by molar-refractivity contribution is 14.0. The monoisotopic (exact) mass is 490 g/mol. The predicted molar refractivity (Wildman–Crippen MR) is 123 cm³/mol. The van der Waals surface area contributed by atoms with Gasteiger partial charge in [0, 0.05) is 40.4 Å². The van der Waals surface area contributed by atoms with Gasteiger partial charge in [0.1, 0.15) is 6.54 Å². The third kappa shape index (κ3) is 11.9. The minimum absolute atomic E-state index is 0. The zero-order valence-corrected chi connectivity index (χ0v) is 19.6. The first-order chi connectivity index (χ1) is 12.4. The topological polar surface area (TPSA) is 66.0 Å². The fourth-order valence-electron chi connectivity index (χ4n) is 2.53. The molecule has 0 aliphatic carbocycles. The molecule has 154 valence electrons. The average Bonchev–Trinajstić information content (AvgIpc) is 2.57. The average molecular weight is 490 g/mol. The summed E-state index contributed by atoms with van der Waals surface area (Å²) in [6.45, 7) is 9.32. The maximum Gasteiger partial charge on any atom is 0.243 e. The zero-order chi connectivity index (χ0) is 19.4. The van der Waals surface area contributed by atoms with E-state index in [9.17, 15) is 4.79 Å². The van der Waals surface area contributed by atoms with Crippen molar-refractivity contribution in [1.29, 1.82) is 0 Å². The summed E-state index contributed by atoms with van der Waals surface area (Å²) >= 11 is 0.